The number of carbonyl (C=O) groups is 1. The minimum Gasteiger partial charge on any atom is -0.493 e. The van der Waals surface area contributed by atoms with Gasteiger partial charge >= 0.3 is 6.09 Å². The first-order valence-electron chi connectivity index (χ1n) is 9.41. The Morgan fingerprint density at radius 1 is 1.14 bits per heavy atom. The summed E-state index contributed by atoms with van der Waals surface area (Å²) in [5.41, 5.74) is 0.296. The number of aliphatic imine (C=N–C) groups is 1. The number of ether oxygens (including phenoxy) is 3. The van der Waals surface area contributed by atoms with Crippen LogP contribution >= 0.6 is 24.0 Å². The van der Waals surface area contributed by atoms with E-state index in [4.69, 9.17) is 14.2 Å². The number of rotatable bonds is 8. The molecule has 8 nitrogen and oxygen atoms in total. The highest BCUT2D eigenvalue weighted by Crippen LogP contribution is 2.29. The molecule has 0 heterocycles. The van der Waals surface area contributed by atoms with Crippen molar-refractivity contribution in [3.8, 4) is 11.5 Å². The normalized spacial score (nSPS) is 11.2. The second-order valence-electron chi connectivity index (χ2n) is 7.16. The fraction of sp³-hybridized carbons (Fsp3) is 0.600. The minimum absolute atomic E-state index is 0. The fourth-order valence-corrected chi connectivity index (χ4v) is 2.43. The van der Waals surface area contributed by atoms with Crippen molar-refractivity contribution in [2.45, 2.75) is 39.7 Å². The lowest BCUT2D eigenvalue weighted by molar-refractivity contribution is 0.0254. The third-order valence-corrected chi connectivity index (χ3v) is 3.69. The molecule has 0 spiro atoms. The second kappa shape index (κ2) is 13.3. The smallest absolute Gasteiger partial charge is 0.410 e. The third kappa shape index (κ3) is 9.91. The van der Waals surface area contributed by atoms with Crippen molar-refractivity contribution in [3.05, 3.63) is 18.2 Å². The lowest BCUT2D eigenvalue weighted by Gasteiger charge is -2.27. The van der Waals surface area contributed by atoms with Gasteiger partial charge in [0.05, 0.1) is 14.2 Å². The van der Waals surface area contributed by atoms with Gasteiger partial charge in [-0.15, -0.1) is 24.0 Å². The van der Waals surface area contributed by atoms with Crippen LogP contribution in [-0.2, 0) is 4.74 Å². The molecule has 0 unspecified atom stereocenters. The summed E-state index contributed by atoms with van der Waals surface area (Å²) in [4.78, 5) is 18.2. The van der Waals surface area contributed by atoms with E-state index in [1.165, 1.54) is 0 Å². The highest BCUT2D eigenvalue weighted by atomic mass is 127. The highest BCUT2D eigenvalue weighted by Gasteiger charge is 2.21. The monoisotopic (exact) mass is 522 g/mol. The van der Waals surface area contributed by atoms with E-state index in [0.717, 1.165) is 12.1 Å². The van der Waals surface area contributed by atoms with Crippen LogP contribution in [0, 0.1) is 0 Å². The van der Waals surface area contributed by atoms with E-state index >= 15 is 0 Å². The number of benzene rings is 1. The average molecular weight is 522 g/mol. The Morgan fingerprint density at radius 3 is 2.31 bits per heavy atom. The zero-order valence-electron chi connectivity index (χ0n) is 18.5. The summed E-state index contributed by atoms with van der Waals surface area (Å²) < 4.78 is 16.0. The predicted octanol–water partition coefficient (Wildman–Crippen LogP) is 3.96. The van der Waals surface area contributed by atoms with E-state index in [1.54, 1.807) is 26.2 Å². The molecule has 2 N–H and O–H groups in total. The van der Waals surface area contributed by atoms with E-state index in [2.05, 4.69) is 15.6 Å². The Morgan fingerprint density at radius 2 is 1.79 bits per heavy atom. The van der Waals surface area contributed by atoms with Gasteiger partial charge in [-0.1, -0.05) is 6.92 Å². The molecule has 0 fully saturated rings. The molecule has 0 bridgehead atoms. The molecular weight excluding hydrogens is 487 g/mol. The van der Waals surface area contributed by atoms with Gasteiger partial charge in [-0.3, -0.25) is 4.99 Å². The van der Waals surface area contributed by atoms with Crippen molar-refractivity contribution in [1.29, 1.82) is 0 Å². The molecule has 1 aromatic rings. The van der Waals surface area contributed by atoms with Gasteiger partial charge in [-0.05, 0) is 39.3 Å². The van der Waals surface area contributed by atoms with Crippen molar-refractivity contribution in [2.24, 2.45) is 4.99 Å². The van der Waals surface area contributed by atoms with Gasteiger partial charge in [-0.2, -0.15) is 0 Å². The van der Waals surface area contributed by atoms with Crippen LogP contribution in [0.5, 0.6) is 11.5 Å². The van der Waals surface area contributed by atoms with Gasteiger partial charge in [0.1, 0.15) is 5.60 Å². The molecule has 0 saturated carbocycles. The molecule has 0 aromatic heterocycles. The van der Waals surface area contributed by atoms with Crippen molar-refractivity contribution < 1.29 is 19.0 Å². The van der Waals surface area contributed by atoms with Crippen LogP contribution in [0.2, 0.25) is 0 Å². The number of carbonyl (C=O) groups excluding carboxylic acids is 1. The van der Waals surface area contributed by atoms with Crippen molar-refractivity contribution in [3.63, 3.8) is 0 Å². The highest BCUT2D eigenvalue weighted by molar-refractivity contribution is 14.0. The average Bonchev–Trinajstić information content (AvgIpc) is 2.64. The number of hydrogen-bond acceptors (Lipinski definition) is 5. The fourth-order valence-electron chi connectivity index (χ4n) is 2.43. The molecule has 0 aliphatic rings. The largest absolute Gasteiger partial charge is 0.493 e. The van der Waals surface area contributed by atoms with Crippen LogP contribution < -0.4 is 20.1 Å². The van der Waals surface area contributed by atoms with Crippen LogP contribution in [0.4, 0.5) is 10.5 Å². The first-order valence-corrected chi connectivity index (χ1v) is 9.41. The first-order chi connectivity index (χ1) is 13.2. The minimum atomic E-state index is -0.512. The second-order valence-corrected chi connectivity index (χ2v) is 7.16. The van der Waals surface area contributed by atoms with Crippen molar-refractivity contribution in [2.75, 3.05) is 46.2 Å². The standard InChI is InChI=1S/C20H34N4O4.HI/c1-8-12-24(19(25)28-20(2,3)4)13-11-22-18(21-5)23-15-9-10-16(26-6)17(14-15)27-7;/h9-10,14H,8,11-13H2,1-7H3,(H2,21,22,23);1H. The number of methoxy groups -OCH3 is 2. The number of nitrogens with zero attached hydrogens (tertiary/aromatic N) is 2. The molecule has 0 radical (unpaired) electrons. The molecule has 9 heteroatoms. The molecule has 29 heavy (non-hydrogen) atoms. The number of nitrogens with one attached hydrogen (secondary N) is 2. The molecule has 1 aromatic carbocycles. The van der Waals surface area contributed by atoms with E-state index in [0.29, 0.717) is 37.1 Å². The summed E-state index contributed by atoms with van der Waals surface area (Å²) in [5.74, 6) is 1.87. The van der Waals surface area contributed by atoms with Crippen LogP contribution in [0.1, 0.15) is 34.1 Å². The molecule has 1 rings (SSSR count). The van der Waals surface area contributed by atoms with Crippen LogP contribution in [0.3, 0.4) is 0 Å². The van der Waals surface area contributed by atoms with E-state index < -0.39 is 5.60 Å². The topological polar surface area (TPSA) is 84.4 Å². The van der Waals surface area contributed by atoms with Gasteiger partial charge in [-0.25, -0.2) is 4.79 Å². The third-order valence-electron chi connectivity index (χ3n) is 3.69. The summed E-state index contributed by atoms with van der Waals surface area (Å²) in [6.07, 6.45) is 0.552. The Kier molecular flexibility index (Phi) is 12.5. The lowest BCUT2D eigenvalue weighted by atomic mass is 10.2. The molecule has 0 aliphatic heterocycles. The van der Waals surface area contributed by atoms with E-state index in [-0.39, 0.29) is 30.1 Å². The predicted molar refractivity (Wildman–Crippen MR) is 128 cm³/mol. The maximum absolute atomic E-state index is 12.3. The number of guanidine groups is 1. The maximum atomic E-state index is 12.3. The van der Waals surface area contributed by atoms with Crippen LogP contribution in [0.25, 0.3) is 0 Å². The maximum Gasteiger partial charge on any atom is 0.410 e. The number of anilines is 1. The summed E-state index contributed by atoms with van der Waals surface area (Å²) in [6, 6.07) is 5.52. The van der Waals surface area contributed by atoms with Gasteiger partial charge in [0.25, 0.3) is 0 Å². The Labute approximate surface area is 191 Å². The summed E-state index contributed by atoms with van der Waals surface area (Å²) in [6.45, 7) is 9.30. The lowest BCUT2D eigenvalue weighted by Crippen LogP contribution is -2.43. The summed E-state index contributed by atoms with van der Waals surface area (Å²) >= 11 is 0. The summed E-state index contributed by atoms with van der Waals surface area (Å²) in [7, 11) is 4.87. The van der Waals surface area contributed by atoms with Gasteiger partial charge in [0.2, 0.25) is 0 Å². The molecule has 0 saturated heterocycles. The number of amides is 1. The van der Waals surface area contributed by atoms with Crippen molar-refractivity contribution >= 4 is 41.7 Å². The van der Waals surface area contributed by atoms with E-state index in [9.17, 15) is 4.79 Å². The Hall–Kier alpha value is -1.91. The van der Waals surface area contributed by atoms with Gasteiger partial charge in [0.15, 0.2) is 17.5 Å². The van der Waals surface area contributed by atoms with Gasteiger partial charge in [0, 0.05) is 38.4 Å². The molecule has 0 atom stereocenters. The van der Waals surface area contributed by atoms with E-state index in [1.807, 2.05) is 45.9 Å². The van der Waals surface area contributed by atoms with Crippen LogP contribution in [-0.4, -0.2) is 63.5 Å². The molecular formula is C20H35IN4O4. The summed E-state index contributed by atoms with van der Waals surface area (Å²) in [5, 5.41) is 6.40. The molecule has 0 aliphatic carbocycles. The van der Waals surface area contributed by atoms with Crippen molar-refractivity contribution in [1.82, 2.24) is 10.2 Å². The Bertz CT molecular complexity index is 662. The zero-order valence-corrected chi connectivity index (χ0v) is 20.8. The van der Waals surface area contributed by atoms with Crippen LogP contribution in [0.15, 0.2) is 23.2 Å². The first kappa shape index (κ1) is 27.1. The van der Waals surface area contributed by atoms with Gasteiger partial charge < -0.3 is 29.7 Å². The SMILES string of the molecule is CCCN(CCNC(=NC)Nc1ccc(OC)c(OC)c1)C(=O)OC(C)(C)C.I. The quantitative estimate of drug-likeness (QED) is 0.306. The Balaban J connectivity index is 0.00000784. The molecule has 1 amide bonds. The zero-order chi connectivity index (χ0) is 21.2. The number of halogens is 1. The number of hydrogen-bond donors (Lipinski definition) is 2. The molecule has 166 valence electrons.